The molecule has 1 N–H and O–H groups in total. The zero-order valence-electron chi connectivity index (χ0n) is 14.2. The summed E-state index contributed by atoms with van der Waals surface area (Å²) in [5.74, 6) is 0. The van der Waals surface area contributed by atoms with E-state index >= 15 is 0 Å². The Labute approximate surface area is 130 Å². The first kappa shape index (κ1) is 18.2. The molecule has 0 unspecified atom stereocenters. The average molecular weight is 309 g/mol. The molecule has 7 nitrogen and oxygen atoms in total. The summed E-state index contributed by atoms with van der Waals surface area (Å²) in [6, 6.07) is 0. The summed E-state index contributed by atoms with van der Waals surface area (Å²) >= 11 is 0. The van der Waals surface area contributed by atoms with Crippen LogP contribution in [0.25, 0.3) is 11.2 Å². The Hall–Kier alpha value is -1.89. The Morgan fingerprint density at radius 3 is 2.36 bits per heavy atom. The number of aryl methyl sites for hydroxylation is 2. The second kappa shape index (κ2) is 8.53. The highest BCUT2D eigenvalue weighted by molar-refractivity contribution is 5.69. The van der Waals surface area contributed by atoms with E-state index in [1.54, 1.807) is 25.0 Å². The van der Waals surface area contributed by atoms with Crippen LogP contribution in [0.3, 0.4) is 0 Å². The third-order valence-electron chi connectivity index (χ3n) is 3.44. The number of hydrogen-bond acceptors (Lipinski definition) is 4. The van der Waals surface area contributed by atoms with Gasteiger partial charge in [-0.25, -0.2) is 9.78 Å². The monoisotopic (exact) mass is 309 g/mol. The quantitative estimate of drug-likeness (QED) is 0.831. The van der Waals surface area contributed by atoms with Crippen molar-refractivity contribution in [2.45, 2.75) is 39.2 Å². The molecular formula is C15H27N5O2. The summed E-state index contributed by atoms with van der Waals surface area (Å²) in [7, 11) is 7.17. The standard InChI is InChI=1S/C13H20N4O2.C2H7N/c1-4-5-6-7-8-17-12(18)10-11(14-9-15(10)2)16(3)13(17)19;1-3-2/h9H,4-8H2,1-3H3;3H,1-2H3. The van der Waals surface area contributed by atoms with E-state index < -0.39 is 0 Å². The molecule has 0 aliphatic rings. The van der Waals surface area contributed by atoms with E-state index in [2.05, 4.69) is 17.2 Å². The number of rotatable bonds is 5. The molecule has 124 valence electrons. The molecule has 0 fully saturated rings. The lowest BCUT2D eigenvalue weighted by molar-refractivity contribution is 0.539. The zero-order chi connectivity index (χ0) is 16.7. The summed E-state index contributed by atoms with van der Waals surface area (Å²) in [5.41, 5.74) is 0.405. The van der Waals surface area contributed by atoms with Crippen molar-refractivity contribution in [3.8, 4) is 0 Å². The third kappa shape index (κ3) is 3.85. The fraction of sp³-hybridized carbons (Fsp3) is 0.667. The lowest BCUT2D eigenvalue weighted by atomic mass is 10.2. The molecule has 0 aromatic carbocycles. The van der Waals surface area contributed by atoms with Crippen LogP contribution in [0, 0.1) is 0 Å². The lowest BCUT2D eigenvalue weighted by Gasteiger charge is -2.08. The predicted molar refractivity (Wildman–Crippen MR) is 89.3 cm³/mol. The normalized spacial score (nSPS) is 10.6. The first-order chi connectivity index (χ1) is 10.5. The molecule has 0 radical (unpaired) electrons. The summed E-state index contributed by atoms with van der Waals surface area (Å²) in [4.78, 5) is 28.6. The van der Waals surface area contributed by atoms with Crippen molar-refractivity contribution in [2.75, 3.05) is 14.1 Å². The van der Waals surface area contributed by atoms with Gasteiger partial charge >= 0.3 is 5.69 Å². The molecule has 0 amide bonds. The first-order valence-electron chi connectivity index (χ1n) is 7.68. The number of unbranched alkanes of at least 4 members (excludes halogenated alkanes) is 3. The van der Waals surface area contributed by atoms with Gasteiger partial charge in [0.15, 0.2) is 11.2 Å². The van der Waals surface area contributed by atoms with E-state index in [9.17, 15) is 9.59 Å². The molecule has 0 bridgehead atoms. The minimum Gasteiger partial charge on any atom is -0.328 e. The Bertz CT molecular complexity index is 711. The van der Waals surface area contributed by atoms with Crippen molar-refractivity contribution < 1.29 is 0 Å². The number of imidazole rings is 1. The molecule has 2 aromatic rings. The lowest BCUT2D eigenvalue weighted by Crippen LogP contribution is -2.39. The van der Waals surface area contributed by atoms with Crippen molar-refractivity contribution in [3.63, 3.8) is 0 Å². The van der Waals surface area contributed by atoms with Crippen LogP contribution in [-0.4, -0.2) is 32.8 Å². The van der Waals surface area contributed by atoms with Gasteiger partial charge in [0.1, 0.15) is 0 Å². The Balaban J connectivity index is 0.000000745. The van der Waals surface area contributed by atoms with Crippen LogP contribution in [0.1, 0.15) is 32.6 Å². The van der Waals surface area contributed by atoms with Gasteiger partial charge in [-0.05, 0) is 20.5 Å². The van der Waals surface area contributed by atoms with Crippen molar-refractivity contribution in [1.82, 2.24) is 24.0 Å². The fourth-order valence-electron chi connectivity index (χ4n) is 2.29. The predicted octanol–water partition coefficient (Wildman–Crippen LogP) is 0.850. The minimum atomic E-state index is -0.285. The van der Waals surface area contributed by atoms with Gasteiger partial charge in [0.25, 0.3) is 5.56 Å². The van der Waals surface area contributed by atoms with Gasteiger partial charge in [-0.1, -0.05) is 26.2 Å². The van der Waals surface area contributed by atoms with Crippen LogP contribution >= 0.6 is 0 Å². The molecule has 0 spiro atoms. The number of nitrogens with one attached hydrogen (secondary N) is 1. The average Bonchev–Trinajstić information content (AvgIpc) is 2.87. The summed E-state index contributed by atoms with van der Waals surface area (Å²) in [6.45, 7) is 2.61. The molecule has 2 heterocycles. The molecule has 0 aliphatic carbocycles. The second-order valence-corrected chi connectivity index (χ2v) is 5.39. The third-order valence-corrected chi connectivity index (χ3v) is 3.44. The molecule has 2 rings (SSSR count). The van der Waals surface area contributed by atoms with E-state index in [0.29, 0.717) is 17.7 Å². The topological polar surface area (TPSA) is 73.8 Å². The minimum absolute atomic E-state index is 0.241. The SMILES string of the molecule is CCCCCCn1c(=O)c2c(ncn2C)n(C)c1=O.CNC. The largest absolute Gasteiger partial charge is 0.332 e. The Morgan fingerprint density at radius 1 is 1.14 bits per heavy atom. The van der Waals surface area contributed by atoms with Crippen molar-refractivity contribution >= 4 is 11.2 Å². The molecule has 0 atom stereocenters. The van der Waals surface area contributed by atoms with E-state index in [0.717, 1.165) is 25.7 Å². The van der Waals surface area contributed by atoms with Crippen LogP contribution in [0.5, 0.6) is 0 Å². The van der Waals surface area contributed by atoms with Crippen LogP contribution < -0.4 is 16.6 Å². The summed E-state index contributed by atoms with van der Waals surface area (Å²) in [6.07, 6.45) is 5.71. The van der Waals surface area contributed by atoms with Gasteiger partial charge in [0.2, 0.25) is 0 Å². The van der Waals surface area contributed by atoms with Crippen molar-refractivity contribution in [2.24, 2.45) is 14.1 Å². The molecule has 2 aromatic heterocycles. The highest BCUT2D eigenvalue weighted by atomic mass is 16.2. The maximum Gasteiger partial charge on any atom is 0.332 e. The number of fused-ring (bicyclic) bond motifs is 1. The maximum atomic E-state index is 12.3. The van der Waals surface area contributed by atoms with Gasteiger partial charge in [-0.15, -0.1) is 0 Å². The van der Waals surface area contributed by atoms with E-state index in [1.807, 2.05) is 14.1 Å². The van der Waals surface area contributed by atoms with Crippen molar-refractivity contribution in [3.05, 3.63) is 27.2 Å². The van der Waals surface area contributed by atoms with Gasteiger partial charge in [0, 0.05) is 20.6 Å². The van der Waals surface area contributed by atoms with Gasteiger partial charge < -0.3 is 9.88 Å². The van der Waals surface area contributed by atoms with Crippen LogP contribution in [-0.2, 0) is 20.6 Å². The van der Waals surface area contributed by atoms with Crippen LogP contribution in [0.4, 0.5) is 0 Å². The van der Waals surface area contributed by atoms with Gasteiger partial charge in [-0.2, -0.15) is 0 Å². The maximum absolute atomic E-state index is 12.3. The van der Waals surface area contributed by atoms with E-state index in [4.69, 9.17) is 0 Å². The number of hydrogen-bond donors (Lipinski definition) is 1. The first-order valence-corrected chi connectivity index (χ1v) is 7.68. The number of nitrogens with zero attached hydrogens (tertiary/aromatic N) is 4. The van der Waals surface area contributed by atoms with Crippen LogP contribution in [0.15, 0.2) is 15.9 Å². The Kier molecular flexibility index (Phi) is 7.04. The van der Waals surface area contributed by atoms with Gasteiger partial charge in [-0.3, -0.25) is 13.9 Å². The summed E-state index contributed by atoms with van der Waals surface area (Å²) < 4.78 is 4.43. The molecular weight excluding hydrogens is 282 g/mol. The highest BCUT2D eigenvalue weighted by Gasteiger charge is 2.14. The van der Waals surface area contributed by atoms with Crippen LogP contribution in [0.2, 0.25) is 0 Å². The summed E-state index contributed by atoms with van der Waals surface area (Å²) in [5, 5.41) is 2.75. The molecule has 22 heavy (non-hydrogen) atoms. The number of aromatic nitrogens is 4. The van der Waals surface area contributed by atoms with E-state index in [1.165, 1.54) is 9.13 Å². The van der Waals surface area contributed by atoms with Gasteiger partial charge in [0.05, 0.1) is 6.33 Å². The zero-order valence-corrected chi connectivity index (χ0v) is 14.2. The molecule has 0 saturated heterocycles. The second-order valence-electron chi connectivity index (χ2n) is 5.39. The van der Waals surface area contributed by atoms with E-state index in [-0.39, 0.29) is 11.2 Å². The highest BCUT2D eigenvalue weighted by Crippen LogP contribution is 2.04. The molecule has 0 saturated carbocycles. The fourth-order valence-corrected chi connectivity index (χ4v) is 2.29. The van der Waals surface area contributed by atoms with Crippen molar-refractivity contribution in [1.29, 1.82) is 0 Å². The molecule has 7 heteroatoms. The Morgan fingerprint density at radius 2 is 1.77 bits per heavy atom. The molecule has 0 aliphatic heterocycles. The smallest absolute Gasteiger partial charge is 0.328 e.